The summed E-state index contributed by atoms with van der Waals surface area (Å²) in [6.07, 6.45) is 6.62. The van der Waals surface area contributed by atoms with Crippen LogP contribution in [0.25, 0.3) is 17.1 Å². The molecule has 93 heavy (non-hydrogen) atoms. The van der Waals surface area contributed by atoms with Gasteiger partial charge in [0, 0.05) is 93.4 Å². The molecule has 0 bridgehead atoms. The minimum atomic E-state index is -1.68. The van der Waals surface area contributed by atoms with Crippen molar-refractivity contribution < 1.29 is 64.1 Å². The molecule has 5 amide bonds. The van der Waals surface area contributed by atoms with Gasteiger partial charge in [-0.1, -0.05) is 53.7 Å². The molecule has 488 valence electrons. The van der Waals surface area contributed by atoms with Gasteiger partial charge in [-0.15, -0.1) is 0 Å². The molecule has 3 aromatic carbocycles. The zero-order chi connectivity index (χ0) is 66.5. The van der Waals surface area contributed by atoms with Crippen LogP contribution in [0.5, 0.6) is 0 Å². The molecule has 3 aliphatic heterocycles. The van der Waals surface area contributed by atoms with Crippen molar-refractivity contribution in [3.63, 3.8) is 0 Å². The molecular formula is C68H78N12O13. The number of carbonyl (C=O) groups is 6. The Morgan fingerprint density at radius 3 is 1.05 bits per heavy atom. The average molecular weight is 1270 g/mol. The summed E-state index contributed by atoms with van der Waals surface area (Å²) in [5.74, 6) is 13.7. The topological polar surface area (TPSA) is 383 Å². The van der Waals surface area contributed by atoms with Gasteiger partial charge in [-0.25, -0.2) is 18.8 Å². The number of aromatic nitrogens is 6. The van der Waals surface area contributed by atoms with Gasteiger partial charge in [-0.3, -0.25) is 24.0 Å². The van der Waals surface area contributed by atoms with Crippen LogP contribution in [0.4, 0.5) is 0 Å². The molecule has 6 aromatic rings. The summed E-state index contributed by atoms with van der Waals surface area (Å²) in [5.41, 5.74) is 10.3. The van der Waals surface area contributed by atoms with Gasteiger partial charge < -0.3 is 67.7 Å². The normalized spacial score (nSPS) is 25.0. The lowest BCUT2D eigenvalue weighted by Gasteiger charge is -2.29. The molecule has 13 N–H and O–H groups in total. The number of benzene rings is 3. The van der Waals surface area contributed by atoms with E-state index in [1.54, 1.807) is 117 Å². The van der Waals surface area contributed by atoms with Crippen molar-refractivity contribution >= 4 is 35.5 Å². The Kier molecular flexibility index (Phi) is 18.9. The minimum absolute atomic E-state index is 0. The standard InChI is InChI=1S/C24H27N3O5.2C22H24N4O4.H3N/c1-4-32-21(28)20-19-18(9-6-11-23(19,2)30)27(25-20)17-8-5-7-16(15-17)10-12-24(31)13-14-26(3)22(24)29;2*1-21(29)9-4-7-16-17(21)18(19(23)27)24-26(16)15-6-3-5-14(13-15)8-10-22(30)11-12-25(2)20(22)28;/h5,7-8,15,30-31H,4,6,9,11,13-14H2,1-3H3;2*3,5-6,13,29-30H,4,7,9,11-12H2,1-2H3,(H2,23,27);1H3/t23?,24-;21-,22+;21-,22-;/m010./s1. The number of carbonyl (C=O) groups excluding carboxylic acids is 6. The van der Waals surface area contributed by atoms with Crippen LogP contribution in [0, 0.1) is 35.5 Å². The Balaban J connectivity index is 0.000000164. The fraction of sp³-hybridized carbons (Fsp3) is 0.426. The number of fused-ring (bicyclic) bond motifs is 3. The second-order valence-corrected chi connectivity index (χ2v) is 25.0. The monoisotopic (exact) mass is 1270 g/mol. The van der Waals surface area contributed by atoms with Gasteiger partial charge >= 0.3 is 5.97 Å². The molecule has 6 aliphatic rings. The summed E-state index contributed by atoms with van der Waals surface area (Å²) in [7, 11) is 4.91. The lowest BCUT2D eigenvalue weighted by atomic mass is 9.82. The molecule has 12 rings (SSSR count). The van der Waals surface area contributed by atoms with E-state index < -0.39 is 69.1 Å². The SMILES string of the molecule is CCOC(=O)c1nn(-c2cccc(C#C[C@]3(O)CCN(C)C3=O)c2)c2c1C(C)(O)CCC2.CN1CC[C@@](O)(C#Cc2cccc(-n3nc(C(N)=O)c4c3CCC[C@@]4(C)O)c2)C1=O.CN1CC[C@@](O)(C#Cc2cccc(-n3nc(C(N)=O)c4c3CCC[C@]4(C)O)c2)C1=O.N. The number of likely N-dealkylation sites (N-methyl/N-ethyl adjacent to an activating group) is 3. The number of rotatable bonds is 7. The molecule has 3 fully saturated rings. The minimum Gasteiger partial charge on any atom is -0.461 e. The van der Waals surface area contributed by atoms with Crippen molar-refractivity contribution in [2.45, 2.75) is 138 Å². The van der Waals surface area contributed by atoms with Crippen molar-refractivity contribution in [3.8, 4) is 52.6 Å². The highest BCUT2D eigenvalue weighted by Gasteiger charge is 2.46. The van der Waals surface area contributed by atoms with Gasteiger partial charge in [0.25, 0.3) is 29.5 Å². The molecule has 3 aliphatic carbocycles. The third kappa shape index (κ3) is 13.3. The number of amides is 5. The second kappa shape index (κ2) is 25.9. The van der Waals surface area contributed by atoms with Crippen molar-refractivity contribution in [2.24, 2.45) is 11.5 Å². The van der Waals surface area contributed by atoms with Crippen LogP contribution < -0.4 is 17.6 Å². The van der Waals surface area contributed by atoms with Gasteiger partial charge in [0.05, 0.1) is 57.6 Å². The molecule has 25 nitrogen and oxygen atoms in total. The molecule has 3 aromatic heterocycles. The molecule has 25 heteroatoms. The van der Waals surface area contributed by atoms with E-state index in [1.807, 2.05) is 18.2 Å². The highest BCUT2D eigenvalue weighted by molar-refractivity contribution is 5.95. The first kappa shape index (κ1) is 67.9. The fourth-order valence-electron chi connectivity index (χ4n) is 12.8. The quantitative estimate of drug-likeness (QED) is 0.0819. The summed E-state index contributed by atoms with van der Waals surface area (Å²) < 4.78 is 10.1. The van der Waals surface area contributed by atoms with Crippen LogP contribution in [0.3, 0.4) is 0 Å². The Morgan fingerprint density at radius 2 is 0.785 bits per heavy atom. The number of primary amides is 2. The molecule has 0 spiro atoms. The number of ether oxygens (including phenoxy) is 1. The number of aliphatic hydroxyl groups is 6. The van der Waals surface area contributed by atoms with E-state index in [0.29, 0.717) is 109 Å². The summed E-state index contributed by atoms with van der Waals surface area (Å²) in [6.45, 7) is 8.34. The fourth-order valence-corrected chi connectivity index (χ4v) is 12.8. The molecular weight excluding hydrogens is 1190 g/mol. The second-order valence-electron chi connectivity index (χ2n) is 25.0. The maximum Gasteiger partial charge on any atom is 0.359 e. The Hall–Kier alpha value is -9.49. The molecule has 6 heterocycles. The number of hydrogen-bond donors (Lipinski definition) is 9. The Morgan fingerprint density at radius 1 is 0.495 bits per heavy atom. The largest absolute Gasteiger partial charge is 0.461 e. The van der Waals surface area contributed by atoms with Crippen LogP contribution in [-0.2, 0) is 55.2 Å². The van der Waals surface area contributed by atoms with Gasteiger partial charge in [-0.05, 0) is 140 Å². The third-order valence-corrected chi connectivity index (χ3v) is 17.8. The maximum absolute atomic E-state index is 12.6. The van der Waals surface area contributed by atoms with Crippen molar-refractivity contribution in [1.82, 2.24) is 50.2 Å². The van der Waals surface area contributed by atoms with E-state index in [0.717, 1.165) is 36.3 Å². The molecule has 1 unspecified atom stereocenters. The first-order chi connectivity index (χ1) is 43.4. The van der Waals surface area contributed by atoms with Crippen LogP contribution in [0.15, 0.2) is 72.8 Å². The summed E-state index contributed by atoms with van der Waals surface area (Å²) in [6, 6.07) is 21.5. The van der Waals surface area contributed by atoms with Gasteiger partial charge in [0.15, 0.2) is 17.1 Å². The Bertz CT molecular complexity index is 4030. The van der Waals surface area contributed by atoms with Crippen molar-refractivity contribution in [1.29, 1.82) is 0 Å². The molecule has 3 saturated heterocycles. The summed E-state index contributed by atoms with van der Waals surface area (Å²) >= 11 is 0. The third-order valence-electron chi connectivity index (χ3n) is 17.8. The predicted molar refractivity (Wildman–Crippen MR) is 338 cm³/mol. The van der Waals surface area contributed by atoms with E-state index in [2.05, 4.69) is 50.8 Å². The lowest BCUT2D eigenvalue weighted by Crippen LogP contribution is -2.37. The first-order valence-electron chi connectivity index (χ1n) is 30.6. The number of nitrogens with two attached hydrogens (primary N) is 2. The zero-order valence-electron chi connectivity index (χ0n) is 53.2. The molecule has 0 saturated carbocycles. The van der Waals surface area contributed by atoms with Crippen LogP contribution >= 0.6 is 0 Å². The zero-order valence-corrected chi connectivity index (χ0v) is 53.2. The number of likely N-dealkylation sites (tertiary alicyclic amines) is 3. The van der Waals surface area contributed by atoms with Crippen LogP contribution in [0.1, 0.15) is 167 Å². The lowest BCUT2D eigenvalue weighted by molar-refractivity contribution is -0.138. The number of nitrogens with zero attached hydrogens (tertiary/aromatic N) is 9. The number of esters is 1. The van der Waals surface area contributed by atoms with E-state index in [1.165, 1.54) is 14.7 Å². The van der Waals surface area contributed by atoms with Crippen molar-refractivity contribution in [3.05, 3.63) is 140 Å². The highest BCUT2D eigenvalue weighted by Crippen LogP contribution is 2.41. The maximum atomic E-state index is 12.6. The van der Waals surface area contributed by atoms with E-state index >= 15 is 0 Å². The van der Waals surface area contributed by atoms with E-state index in [4.69, 9.17) is 16.2 Å². The van der Waals surface area contributed by atoms with Crippen LogP contribution in [-0.4, -0.2) is 174 Å². The van der Waals surface area contributed by atoms with Gasteiger partial charge in [0.2, 0.25) is 16.8 Å². The van der Waals surface area contributed by atoms with Crippen molar-refractivity contribution in [2.75, 3.05) is 47.4 Å². The molecule has 6 atom stereocenters. The van der Waals surface area contributed by atoms with E-state index in [-0.39, 0.29) is 49.1 Å². The summed E-state index contributed by atoms with van der Waals surface area (Å²) in [5, 5.41) is 77.4. The van der Waals surface area contributed by atoms with E-state index in [9.17, 15) is 59.4 Å². The Labute approximate surface area is 537 Å². The summed E-state index contributed by atoms with van der Waals surface area (Å²) in [4.78, 5) is 77.3. The average Bonchev–Trinajstić information content (AvgIpc) is 1.63. The van der Waals surface area contributed by atoms with Gasteiger partial charge in [-0.2, -0.15) is 15.3 Å². The van der Waals surface area contributed by atoms with Crippen LogP contribution in [0.2, 0.25) is 0 Å². The smallest absolute Gasteiger partial charge is 0.359 e. The predicted octanol–water partition coefficient (Wildman–Crippen LogP) is 2.62. The highest BCUT2D eigenvalue weighted by atomic mass is 16.5. The van der Waals surface area contributed by atoms with Gasteiger partial charge in [0.1, 0.15) is 0 Å². The first-order valence-corrected chi connectivity index (χ1v) is 30.6. The number of hydrogen-bond acceptors (Lipinski definition) is 17. The molecule has 0 radical (unpaired) electrons.